The second-order valence-corrected chi connectivity index (χ2v) is 7.15. The van der Waals surface area contributed by atoms with Gasteiger partial charge < -0.3 is 10.1 Å². The number of allylic oxidation sites excluding steroid dienone is 1. The van der Waals surface area contributed by atoms with Gasteiger partial charge in [-0.1, -0.05) is 29.8 Å². The maximum absolute atomic E-state index is 13.0. The quantitative estimate of drug-likeness (QED) is 0.793. The molecular formula is C20H24N2O2. The minimum atomic E-state index is 0.112. The summed E-state index contributed by atoms with van der Waals surface area (Å²) in [5, 5.41) is 11.2. The van der Waals surface area contributed by atoms with E-state index in [1.807, 2.05) is 25.1 Å². The number of hydrogen-bond acceptors (Lipinski definition) is 3. The standard InChI is InChI=1S/C20H24N2O2/c1-3-12-10-22(2)18-8-15-13-6-4-5-7-17(13)21-20(15)19(24)9-14(12)16(18)11-23/h3-7,14,16,18,21,23H,8-11H2,1-2H3/t14-,16-,18-/m1/s1. The summed E-state index contributed by atoms with van der Waals surface area (Å²) >= 11 is 0. The van der Waals surface area contributed by atoms with Crippen LogP contribution < -0.4 is 0 Å². The van der Waals surface area contributed by atoms with Crippen LogP contribution in [0.1, 0.15) is 29.4 Å². The lowest BCUT2D eigenvalue weighted by Crippen LogP contribution is -2.52. The number of carbonyl (C=O) groups is 1. The molecule has 2 aromatic rings. The van der Waals surface area contributed by atoms with Gasteiger partial charge in [0.25, 0.3) is 0 Å². The summed E-state index contributed by atoms with van der Waals surface area (Å²) in [6.07, 6.45) is 3.41. The summed E-state index contributed by atoms with van der Waals surface area (Å²) < 4.78 is 0. The molecule has 4 heteroatoms. The van der Waals surface area contributed by atoms with E-state index in [-0.39, 0.29) is 30.3 Å². The van der Waals surface area contributed by atoms with Crippen molar-refractivity contribution in [1.82, 2.24) is 9.88 Å². The van der Waals surface area contributed by atoms with Crippen LogP contribution in [0.25, 0.3) is 10.9 Å². The molecule has 0 unspecified atom stereocenters. The third-order valence-electron chi connectivity index (χ3n) is 5.98. The molecule has 0 saturated carbocycles. The predicted octanol–water partition coefficient (Wildman–Crippen LogP) is 2.78. The Hall–Kier alpha value is -1.91. The second kappa shape index (κ2) is 5.87. The molecule has 3 atom stereocenters. The van der Waals surface area contributed by atoms with Gasteiger partial charge in [0.2, 0.25) is 0 Å². The maximum atomic E-state index is 13.0. The largest absolute Gasteiger partial charge is 0.396 e. The van der Waals surface area contributed by atoms with Crippen LogP contribution in [-0.4, -0.2) is 47.0 Å². The number of carbonyl (C=O) groups excluding carboxylic acids is 1. The lowest BCUT2D eigenvalue weighted by atomic mass is 9.71. The highest BCUT2D eigenvalue weighted by molar-refractivity contribution is 6.02. The molecule has 1 fully saturated rings. The third-order valence-corrected chi connectivity index (χ3v) is 5.98. The van der Waals surface area contributed by atoms with Crippen molar-refractivity contribution in [1.29, 1.82) is 0 Å². The highest BCUT2D eigenvalue weighted by Gasteiger charge is 2.42. The van der Waals surface area contributed by atoms with Gasteiger partial charge in [0, 0.05) is 42.4 Å². The van der Waals surface area contributed by atoms with E-state index < -0.39 is 0 Å². The Morgan fingerprint density at radius 1 is 1.33 bits per heavy atom. The van der Waals surface area contributed by atoms with Gasteiger partial charge >= 0.3 is 0 Å². The van der Waals surface area contributed by atoms with Crippen LogP contribution in [0.4, 0.5) is 0 Å². The zero-order valence-corrected chi connectivity index (χ0v) is 14.2. The molecular weight excluding hydrogens is 300 g/mol. The second-order valence-electron chi connectivity index (χ2n) is 7.15. The average molecular weight is 324 g/mol. The highest BCUT2D eigenvalue weighted by Crippen LogP contribution is 2.40. The molecule has 2 N–H and O–H groups in total. The molecule has 0 amide bonds. The number of hydrogen-bond donors (Lipinski definition) is 2. The van der Waals surface area contributed by atoms with E-state index in [0.717, 1.165) is 35.1 Å². The number of para-hydroxylation sites is 1. The van der Waals surface area contributed by atoms with E-state index in [0.29, 0.717) is 6.42 Å². The van der Waals surface area contributed by atoms with E-state index >= 15 is 0 Å². The smallest absolute Gasteiger partial charge is 0.179 e. The summed E-state index contributed by atoms with van der Waals surface area (Å²) in [6, 6.07) is 8.40. The summed E-state index contributed by atoms with van der Waals surface area (Å²) in [5.74, 6) is 0.431. The number of likely N-dealkylation sites (N-methyl/N-ethyl adjacent to an activating group) is 1. The number of fused-ring (bicyclic) bond motifs is 5. The number of ketones is 1. The first kappa shape index (κ1) is 15.6. The summed E-state index contributed by atoms with van der Waals surface area (Å²) in [6.45, 7) is 3.05. The van der Waals surface area contributed by atoms with Gasteiger partial charge in [0.05, 0.1) is 5.69 Å². The number of aliphatic hydroxyl groups excluding tert-OH is 1. The summed E-state index contributed by atoms with van der Waals surface area (Å²) in [4.78, 5) is 18.7. The fourth-order valence-electron chi connectivity index (χ4n) is 4.70. The molecule has 24 heavy (non-hydrogen) atoms. The Morgan fingerprint density at radius 3 is 2.88 bits per heavy atom. The van der Waals surface area contributed by atoms with E-state index in [4.69, 9.17) is 0 Å². The number of benzene rings is 1. The molecule has 0 radical (unpaired) electrons. The molecule has 4 rings (SSSR count). The van der Waals surface area contributed by atoms with Crippen molar-refractivity contribution in [2.45, 2.75) is 25.8 Å². The third kappa shape index (κ3) is 2.25. The van der Waals surface area contributed by atoms with E-state index in [1.165, 1.54) is 5.57 Å². The molecule has 2 bridgehead atoms. The number of piperidine rings is 1. The van der Waals surface area contributed by atoms with Crippen molar-refractivity contribution < 1.29 is 9.90 Å². The molecule has 1 aromatic heterocycles. The highest BCUT2D eigenvalue weighted by atomic mass is 16.3. The monoisotopic (exact) mass is 324 g/mol. The number of rotatable bonds is 1. The Morgan fingerprint density at radius 2 is 2.12 bits per heavy atom. The van der Waals surface area contributed by atoms with Gasteiger partial charge in [-0.05, 0) is 37.9 Å². The van der Waals surface area contributed by atoms with Crippen molar-refractivity contribution in [2.75, 3.05) is 20.2 Å². The van der Waals surface area contributed by atoms with Crippen molar-refractivity contribution in [3.63, 3.8) is 0 Å². The predicted molar refractivity (Wildman–Crippen MR) is 95.2 cm³/mol. The van der Waals surface area contributed by atoms with Crippen LogP contribution in [0.3, 0.4) is 0 Å². The minimum absolute atomic E-state index is 0.112. The lowest BCUT2D eigenvalue weighted by molar-refractivity contribution is 0.0518. The van der Waals surface area contributed by atoms with Crippen LogP contribution >= 0.6 is 0 Å². The lowest BCUT2D eigenvalue weighted by Gasteiger charge is -2.46. The number of aliphatic hydroxyl groups is 1. The Bertz CT molecular complexity index is 820. The number of nitrogens with one attached hydrogen (secondary N) is 1. The van der Waals surface area contributed by atoms with Crippen LogP contribution in [-0.2, 0) is 6.42 Å². The average Bonchev–Trinajstić information content (AvgIpc) is 2.95. The van der Waals surface area contributed by atoms with E-state index in [2.05, 4.69) is 29.1 Å². The molecule has 1 aliphatic heterocycles. The van der Waals surface area contributed by atoms with Gasteiger partial charge in [0.1, 0.15) is 0 Å². The van der Waals surface area contributed by atoms with Gasteiger partial charge in [-0.3, -0.25) is 9.69 Å². The SMILES string of the molecule is CC=C1CN(C)[C@@H]2Cc3c([nH]c4ccccc34)C(=O)C[C@H]1[C@H]2CO. The maximum Gasteiger partial charge on any atom is 0.179 e. The fourth-order valence-corrected chi connectivity index (χ4v) is 4.70. The first-order chi connectivity index (χ1) is 11.6. The first-order valence-corrected chi connectivity index (χ1v) is 8.73. The number of Topliss-reactive ketones (excluding diaryl/α,β-unsaturated/α-hetero) is 1. The minimum Gasteiger partial charge on any atom is -0.396 e. The summed E-state index contributed by atoms with van der Waals surface area (Å²) in [5.41, 5.74) is 4.20. The van der Waals surface area contributed by atoms with Crippen LogP contribution in [0.2, 0.25) is 0 Å². The van der Waals surface area contributed by atoms with Crippen LogP contribution in [0.5, 0.6) is 0 Å². The number of nitrogens with zero attached hydrogens (tertiary/aromatic N) is 1. The Balaban J connectivity index is 1.89. The number of likely N-dealkylation sites (tertiary alicyclic amines) is 1. The number of aromatic nitrogens is 1. The molecule has 126 valence electrons. The van der Waals surface area contributed by atoms with Crippen molar-refractivity contribution in [3.8, 4) is 0 Å². The molecule has 1 aliphatic carbocycles. The van der Waals surface area contributed by atoms with Crippen molar-refractivity contribution >= 4 is 16.7 Å². The normalized spacial score (nSPS) is 29.5. The van der Waals surface area contributed by atoms with Gasteiger partial charge in [-0.2, -0.15) is 0 Å². The zero-order valence-electron chi connectivity index (χ0n) is 14.2. The van der Waals surface area contributed by atoms with Crippen LogP contribution in [0.15, 0.2) is 35.9 Å². The number of aromatic amines is 1. The van der Waals surface area contributed by atoms with Crippen molar-refractivity contribution in [2.24, 2.45) is 11.8 Å². The molecule has 2 heterocycles. The molecule has 1 aromatic carbocycles. The van der Waals surface area contributed by atoms with Gasteiger partial charge in [0.15, 0.2) is 5.78 Å². The van der Waals surface area contributed by atoms with E-state index in [1.54, 1.807) is 0 Å². The molecule has 4 nitrogen and oxygen atoms in total. The number of H-pyrrole nitrogens is 1. The Labute approximate surface area is 142 Å². The Kier molecular flexibility index (Phi) is 3.82. The molecule has 1 saturated heterocycles. The first-order valence-electron chi connectivity index (χ1n) is 8.73. The van der Waals surface area contributed by atoms with E-state index in [9.17, 15) is 9.90 Å². The van der Waals surface area contributed by atoms with Crippen LogP contribution in [0, 0.1) is 11.8 Å². The topological polar surface area (TPSA) is 56.3 Å². The fraction of sp³-hybridized carbons (Fsp3) is 0.450. The van der Waals surface area contributed by atoms with Gasteiger partial charge in [-0.15, -0.1) is 0 Å². The van der Waals surface area contributed by atoms with Crippen molar-refractivity contribution in [3.05, 3.63) is 47.2 Å². The van der Waals surface area contributed by atoms with Gasteiger partial charge in [-0.25, -0.2) is 0 Å². The zero-order chi connectivity index (χ0) is 16.8. The summed E-state index contributed by atoms with van der Waals surface area (Å²) in [7, 11) is 2.13. The molecule has 0 spiro atoms. The molecule has 2 aliphatic rings.